The summed E-state index contributed by atoms with van der Waals surface area (Å²) < 4.78 is 6.48. The third kappa shape index (κ3) is 6.30. The molecule has 2 aromatic rings. The molecule has 0 radical (unpaired) electrons. The number of aliphatic carboxylic acids is 1. The molecule has 0 aliphatic heterocycles. The first-order valence-corrected chi connectivity index (χ1v) is 10.3. The minimum Gasteiger partial charge on any atom is -0.494 e. The average molecular weight is 446 g/mol. The van der Waals surface area contributed by atoms with Gasteiger partial charge in [0.25, 0.3) is 5.56 Å². The van der Waals surface area contributed by atoms with Gasteiger partial charge in [-0.3, -0.25) is 4.79 Å². The summed E-state index contributed by atoms with van der Waals surface area (Å²) in [6.45, 7) is 3.50. The van der Waals surface area contributed by atoms with Gasteiger partial charge in [-0.1, -0.05) is 24.3 Å². The normalized spacial score (nSPS) is 11.8. The highest BCUT2D eigenvalue weighted by molar-refractivity contribution is 5.83. The van der Waals surface area contributed by atoms with Crippen LogP contribution in [0.4, 0.5) is 4.79 Å². The molecule has 0 fully saturated rings. The average Bonchev–Trinajstić information content (AvgIpc) is 2.75. The fourth-order valence-electron chi connectivity index (χ4n) is 3.15. The number of aryl methyl sites for hydroxylation is 1. The highest BCUT2D eigenvalue weighted by Gasteiger charge is 2.23. The van der Waals surface area contributed by atoms with Gasteiger partial charge in [0.2, 0.25) is 0 Å². The monoisotopic (exact) mass is 445 g/mol. The number of carboxylic acids is 1. The van der Waals surface area contributed by atoms with Crippen LogP contribution in [0.2, 0.25) is 0 Å². The SMILES string of the molecule is CCN(CCN(C)C)C(=O)N[C@@H](Cc1ccc(-c2c(OC)cnn(C)c2=O)cc1)C(=O)O. The number of amides is 2. The standard InChI is InChI=1S/C22H31N5O5/c1-6-27(12-11-25(2)3)22(31)24-17(21(29)30)13-15-7-9-16(10-8-15)19-18(32-5)14-23-26(4)20(19)28/h7-10,14,17H,6,11-13H2,1-5H3,(H,24,31)(H,29,30)/t17-/m0/s1. The van der Waals surface area contributed by atoms with Gasteiger partial charge in [0.05, 0.1) is 18.9 Å². The first-order chi connectivity index (χ1) is 15.2. The molecule has 0 bridgehead atoms. The Kier molecular flexibility index (Phi) is 8.77. The van der Waals surface area contributed by atoms with Gasteiger partial charge in [-0.05, 0) is 32.1 Å². The third-order valence-corrected chi connectivity index (χ3v) is 5.09. The van der Waals surface area contributed by atoms with Crippen LogP contribution in [0, 0.1) is 0 Å². The van der Waals surface area contributed by atoms with Crippen LogP contribution in [0.3, 0.4) is 0 Å². The number of carboxylic acid groups (broad SMARTS) is 1. The number of ether oxygens (including phenoxy) is 1. The van der Waals surface area contributed by atoms with Crippen molar-refractivity contribution < 1.29 is 19.4 Å². The van der Waals surface area contributed by atoms with E-state index >= 15 is 0 Å². The number of likely N-dealkylation sites (N-methyl/N-ethyl adjacent to an activating group) is 2. The fourth-order valence-corrected chi connectivity index (χ4v) is 3.15. The zero-order valence-electron chi connectivity index (χ0n) is 19.2. The van der Waals surface area contributed by atoms with Gasteiger partial charge in [0.15, 0.2) is 5.75 Å². The first-order valence-electron chi connectivity index (χ1n) is 10.3. The summed E-state index contributed by atoms with van der Waals surface area (Å²) in [6.07, 6.45) is 1.58. The number of nitrogens with zero attached hydrogens (tertiary/aromatic N) is 4. The van der Waals surface area contributed by atoms with Crippen LogP contribution >= 0.6 is 0 Å². The molecule has 0 aliphatic rings. The molecule has 32 heavy (non-hydrogen) atoms. The Balaban J connectivity index is 2.17. The number of methoxy groups -OCH3 is 1. The number of rotatable bonds is 10. The molecular weight excluding hydrogens is 414 g/mol. The van der Waals surface area contributed by atoms with Gasteiger partial charge < -0.3 is 25.0 Å². The summed E-state index contributed by atoms with van der Waals surface area (Å²) in [6, 6.07) is 5.43. The highest BCUT2D eigenvalue weighted by Crippen LogP contribution is 2.25. The molecule has 10 nitrogen and oxygen atoms in total. The maximum absolute atomic E-state index is 12.5. The van der Waals surface area contributed by atoms with E-state index in [1.165, 1.54) is 18.0 Å². The first kappa shape index (κ1) is 24.9. The van der Waals surface area contributed by atoms with Crippen molar-refractivity contribution in [1.29, 1.82) is 0 Å². The summed E-state index contributed by atoms with van der Waals surface area (Å²) in [4.78, 5) is 40.3. The van der Waals surface area contributed by atoms with Gasteiger partial charge in [-0.2, -0.15) is 5.10 Å². The molecule has 10 heteroatoms. The molecule has 1 aromatic heterocycles. The highest BCUT2D eigenvalue weighted by atomic mass is 16.5. The molecule has 0 aliphatic carbocycles. The number of nitrogens with one attached hydrogen (secondary N) is 1. The number of aromatic nitrogens is 2. The Morgan fingerprint density at radius 1 is 1.22 bits per heavy atom. The third-order valence-electron chi connectivity index (χ3n) is 5.09. The van der Waals surface area contributed by atoms with Crippen molar-refractivity contribution in [1.82, 2.24) is 24.9 Å². The van der Waals surface area contributed by atoms with E-state index in [0.29, 0.717) is 42.1 Å². The maximum atomic E-state index is 12.5. The van der Waals surface area contributed by atoms with Gasteiger partial charge >= 0.3 is 12.0 Å². The summed E-state index contributed by atoms with van der Waals surface area (Å²) in [7, 11) is 6.84. The van der Waals surface area contributed by atoms with Crippen LogP contribution in [0.15, 0.2) is 35.3 Å². The summed E-state index contributed by atoms with van der Waals surface area (Å²) >= 11 is 0. The molecule has 174 valence electrons. The van der Waals surface area contributed by atoms with E-state index in [9.17, 15) is 19.5 Å². The van der Waals surface area contributed by atoms with Crippen molar-refractivity contribution >= 4 is 12.0 Å². The fraction of sp³-hybridized carbons (Fsp3) is 0.455. The van der Waals surface area contributed by atoms with Crippen LogP contribution in [-0.2, 0) is 18.3 Å². The smallest absolute Gasteiger partial charge is 0.326 e. The van der Waals surface area contributed by atoms with Crippen molar-refractivity contribution in [3.8, 4) is 16.9 Å². The van der Waals surface area contributed by atoms with Crippen molar-refractivity contribution in [2.75, 3.05) is 40.8 Å². The zero-order chi connectivity index (χ0) is 23.8. The lowest BCUT2D eigenvalue weighted by Crippen LogP contribution is -2.50. The van der Waals surface area contributed by atoms with E-state index in [4.69, 9.17) is 4.74 Å². The number of carbonyl (C=O) groups is 2. The number of hydrogen-bond donors (Lipinski definition) is 2. The van der Waals surface area contributed by atoms with Crippen LogP contribution in [0.1, 0.15) is 12.5 Å². The van der Waals surface area contributed by atoms with E-state index in [-0.39, 0.29) is 12.0 Å². The molecule has 0 saturated carbocycles. The van der Waals surface area contributed by atoms with Crippen molar-refractivity contribution in [3.05, 3.63) is 46.4 Å². The minimum atomic E-state index is -1.12. The van der Waals surface area contributed by atoms with Gasteiger partial charge in [-0.15, -0.1) is 0 Å². The number of urea groups is 1. The topological polar surface area (TPSA) is 117 Å². The van der Waals surface area contributed by atoms with Gasteiger partial charge in [0.1, 0.15) is 6.04 Å². The lowest BCUT2D eigenvalue weighted by Gasteiger charge is -2.25. The van der Waals surface area contributed by atoms with Crippen molar-refractivity contribution in [2.45, 2.75) is 19.4 Å². The second-order valence-corrected chi connectivity index (χ2v) is 7.64. The number of carbonyl (C=O) groups excluding carboxylic acids is 1. The Hall–Kier alpha value is -3.40. The molecule has 2 rings (SSSR count). The van der Waals surface area contributed by atoms with Crippen molar-refractivity contribution in [2.24, 2.45) is 7.05 Å². The second-order valence-electron chi connectivity index (χ2n) is 7.64. The molecule has 0 saturated heterocycles. The molecule has 0 unspecified atom stereocenters. The summed E-state index contributed by atoms with van der Waals surface area (Å²) in [5.74, 6) is -0.760. The molecule has 1 aromatic carbocycles. The Labute approximate surface area is 187 Å². The molecule has 2 N–H and O–H groups in total. The molecule has 0 spiro atoms. The van der Waals surface area contributed by atoms with E-state index in [0.717, 1.165) is 0 Å². The molecule has 1 heterocycles. The van der Waals surface area contributed by atoms with Crippen LogP contribution in [0.5, 0.6) is 5.75 Å². The predicted molar refractivity (Wildman–Crippen MR) is 121 cm³/mol. The van der Waals surface area contributed by atoms with Crippen molar-refractivity contribution in [3.63, 3.8) is 0 Å². The van der Waals surface area contributed by atoms with E-state index in [1.54, 1.807) is 36.2 Å². The predicted octanol–water partition coefficient (Wildman–Crippen LogP) is 1.04. The largest absolute Gasteiger partial charge is 0.494 e. The Bertz CT molecular complexity index is 987. The lowest BCUT2D eigenvalue weighted by atomic mass is 10.0. The van der Waals surface area contributed by atoms with Crippen LogP contribution < -0.4 is 15.6 Å². The van der Waals surface area contributed by atoms with Crippen LogP contribution in [0.25, 0.3) is 11.1 Å². The number of hydrogen-bond acceptors (Lipinski definition) is 6. The quantitative estimate of drug-likeness (QED) is 0.561. The van der Waals surface area contributed by atoms with Crippen LogP contribution in [-0.4, -0.2) is 83.6 Å². The van der Waals surface area contributed by atoms with E-state index < -0.39 is 18.0 Å². The van der Waals surface area contributed by atoms with E-state index in [2.05, 4.69) is 10.4 Å². The molecular formula is C22H31N5O5. The summed E-state index contributed by atoms with van der Waals surface area (Å²) in [5, 5.41) is 16.2. The lowest BCUT2D eigenvalue weighted by molar-refractivity contribution is -0.139. The minimum absolute atomic E-state index is 0.109. The maximum Gasteiger partial charge on any atom is 0.326 e. The van der Waals surface area contributed by atoms with Gasteiger partial charge in [-0.25, -0.2) is 14.3 Å². The number of benzene rings is 1. The molecule has 2 amide bonds. The van der Waals surface area contributed by atoms with E-state index in [1.807, 2.05) is 25.9 Å². The Morgan fingerprint density at radius 2 is 1.88 bits per heavy atom. The summed E-state index contributed by atoms with van der Waals surface area (Å²) in [5.41, 5.74) is 1.41. The zero-order valence-corrected chi connectivity index (χ0v) is 19.2. The Morgan fingerprint density at radius 3 is 2.41 bits per heavy atom. The second kappa shape index (κ2) is 11.3. The van der Waals surface area contributed by atoms with Gasteiger partial charge in [0, 0.05) is 33.1 Å². The molecule has 1 atom stereocenters.